The van der Waals surface area contributed by atoms with Crippen molar-refractivity contribution in [2.45, 2.75) is 0 Å². The smallest absolute Gasteiger partial charge is 0.465 e. The summed E-state index contributed by atoms with van der Waals surface area (Å²) in [4.78, 5) is 14.1. The highest BCUT2D eigenvalue weighted by Crippen LogP contribution is 2.25. The molecular weight excluding hydrogens is 251 g/mol. The molecule has 0 amide bonds. The van der Waals surface area contributed by atoms with Gasteiger partial charge in [0, 0.05) is 6.07 Å². The maximum Gasteiger partial charge on any atom is 0.673 e. The highest BCUT2D eigenvalue weighted by atomic mass is 32.1. The van der Waals surface area contributed by atoms with Gasteiger partial charge in [-0.15, -0.1) is 11.3 Å². The van der Waals surface area contributed by atoms with Crippen LogP contribution in [0.25, 0.3) is 4.98 Å². The molecule has 0 radical (unpaired) electrons. The van der Waals surface area contributed by atoms with Crippen LogP contribution in [0.2, 0.25) is 0 Å². The average Bonchev–Trinajstić information content (AvgIpc) is 2.61. The van der Waals surface area contributed by atoms with Gasteiger partial charge >= 0.3 is 18.9 Å². The molecule has 0 unspecified atom stereocenters. The molecule has 16 heavy (non-hydrogen) atoms. The Labute approximate surface area is 91.6 Å². The number of carbonyl (C=O) groups excluding carboxylic acids is 1. The zero-order chi connectivity index (χ0) is 12.8. The number of diazo groups is 1. The molecule has 1 rings (SSSR count). The number of carbonyl (C=O) groups is 1. The SMILES string of the molecule is COC(=O)c1sccc1[N+]#N.F[B-](F)(F)F. The molecule has 0 N–H and O–H groups in total. The molecule has 10 heteroatoms. The van der Waals surface area contributed by atoms with E-state index in [1.807, 2.05) is 0 Å². The lowest BCUT2D eigenvalue weighted by molar-refractivity contribution is 0.0607. The molecule has 0 bridgehead atoms. The number of nitrogens with zero attached hydrogens (tertiary/aromatic N) is 2. The Morgan fingerprint density at radius 1 is 1.50 bits per heavy atom. The van der Waals surface area contributed by atoms with Crippen molar-refractivity contribution in [3.05, 3.63) is 21.3 Å². The third-order valence-electron chi connectivity index (χ3n) is 1.12. The second kappa shape index (κ2) is 6.07. The number of halogens is 4. The normalized spacial score (nSPS) is 9.75. The number of hydrogen-bond acceptors (Lipinski definition) is 4. The van der Waals surface area contributed by atoms with E-state index in [0.29, 0.717) is 4.88 Å². The first-order chi connectivity index (χ1) is 7.29. The minimum Gasteiger partial charge on any atom is -0.465 e. The lowest BCUT2D eigenvalue weighted by atomic mass is 10.3. The van der Waals surface area contributed by atoms with Gasteiger partial charge in [-0.25, -0.2) is 4.79 Å². The standard InChI is InChI=1S/C6H5N2O2S.BF4/c1-10-6(9)5-4(8-7)2-3-11-5;2-1(3,4)5/h2-3H,1H3;/q+1;-1. The lowest BCUT2D eigenvalue weighted by Gasteiger charge is -1.94. The Hall–Kier alpha value is -1.63. The number of thiophene rings is 1. The van der Waals surface area contributed by atoms with Crippen molar-refractivity contribution in [1.82, 2.24) is 0 Å². The summed E-state index contributed by atoms with van der Waals surface area (Å²) < 4.78 is 43.4. The molecule has 88 valence electrons. The van der Waals surface area contributed by atoms with Gasteiger partial charge in [0.2, 0.25) is 10.3 Å². The first kappa shape index (κ1) is 14.4. The Balaban J connectivity index is 0.000000385. The molecule has 1 aromatic rings. The molecule has 0 atom stereocenters. The fraction of sp³-hybridized carbons (Fsp3) is 0.167. The molecule has 0 spiro atoms. The van der Waals surface area contributed by atoms with Gasteiger partial charge in [-0.1, -0.05) is 0 Å². The van der Waals surface area contributed by atoms with Gasteiger partial charge in [0.1, 0.15) is 0 Å². The van der Waals surface area contributed by atoms with Crippen molar-refractivity contribution < 1.29 is 26.8 Å². The number of esters is 1. The number of hydrogen-bond donors (Lipinski definition) is 0. The van der Waals surface area contributed by atoms with Crippen molar-refractivity contribution in [2.24, 2.45) is 0 Å². The second-order valence-corrected chi connectivity index (χ2v) is 3.14. The average molecular weight is 256 g/mol. The Morgan fingerprint density at radius 3 is 2.38 bits per heavy atom. The van der Waals surface area contributed by atoms with Gasteiger partial charge in [-0.2, -0.15) is 0 Å². The topological polar surface area (TPSA) is 54.5 Å². The summed E-state index contributed by atoms with van der Waals surface area (Å²) >= 11 is 1.18. The van der Waals surface area contributed by atoms with Crippen LogP contribution in [0.3, 0.4) is 0 Å². The van der Waals surface area contributed by atoms with Crippen LogP contribution >= 0.6 is 11.3 Å². The van der Waals surface area contributed by atoms with Crippen molar-refractivity contribution in [3.63, 3.8) is 0 Å². The fourth-order valence-electron chi connectivity index (χ4n) is 0.627. The van der Waals surface area contributed by atoms with Crippen molar-refractivity contribution in [3.8, 4) is 0 Å². The maximum absolute atomic E-state index is 10.9. The highest BCUT2D eigenvalue weighted by Gasteiger charge is 2.22. The van der Waals surface area contributed by atoms with Gasteiger partial charge in [0.25, 0.3) is 0 Å². The van der Waals surface area contributed by atoms with Crippen LogP contribution in [0.1, 0.15) is 9.67 Å². The predicted octanol–water partition coefficient (Wildman–Crippen LogP) is 3.32. The molecule has 0 aromatic carbocycles. The molecule has 1 heterocycles. The van der Waals surface area contributed by atoms with Gasteiger partial charge in [0.05, 0.1) is 7.11 Å². The minimum absolute atomic E-state index is 0.252. The van der Waals surface area contributed by atoms with E-state index in [1.165, 1.54) is 24.5 Å². The van der Waals surface area contributed by atoms with Crippen LogP contribution in [0.15, 0.2) is 11.4 Å². The summed E-state index contributed by atoms with van der Waals surface area (Å²) in [7, 11) is -4.72. The maximum atomic E-state index is 10.9. The highest BCUT2D eigenvalue weighted by molar-refractivity contribution is 7.12. The lowest BCUT2D eigenvalue weighted by Crippen LogP contribution is -2.02. The quantitative estimate of drug-likeness (QED) is 0.335. The summed E-state index contributed by atoms with van der Waals surface area (Å²) in [5, 5.41) is 10.0. The molecule has 4 nitrogen and oxygen atoms in total. The molecule has 0 saturated carbocycles. The number of rotatable bonds is 1. The minimum atomic E-state index is -6.00. The summed E-state index contributed by atoms with van der Waals surface area (Å²) in [6.07, 6.45) is 0. The van der Waals surface area contributed by atoms with Gasteiger partial charge < -0.3 is 22.0 Å². The van der Waals surface area contributed by atoms with E-state index in [1.54, 1.807) is 5.38 Å². The van der Waals surface area contributed by atoms with Crippen LogP contribution in [0, 0.1) is 5.39 Å². The van der Waals surface area contributed by atoms with E-state index in [2.05, 4.69) is 9.71 Å². The summed E-state index contributed by atoms with van der Waals surface area (Å²) in [6.45, 7) is 0. The van der Waals surface area contributed by atoms with E-state index in [9.17, 15) is 22.1 Å². The Bertz CT molecular complexity index is 394. The van der Waals surface area contributed by atoms with Crippen molar-refractivity contribution in [1.29, 1.82) is 5.39 Å². The van der Waals surface area contributed by atoms with Gasteiger partial charge in [0.15, 0.2) is 4.98 Å². The monoisotopic (exact) mass is 256 g/mol. The molecule has 0 fully saturated rings. The zero-order valence-corrected chi connectivity index (χ0v) is 8.68. The molecule has 0 aliphatic rings. The third kappa shape index (κ3) is 5.97. The van der Waals surface area contributed by atoms with Crippen molar-refractivity contribution >= 4 is 30.2 Å². The molecule has 1 aromatic heterocycles. The first-order valence-corrected chi connectivity index (χ1v) is 4.55. The summed E-state index contributed by atoms with van der Waals surface area (Å²) in [5.74, 6) is -0.479. The Morgan fingerprint density at radius 2 is 2.00 bits per heavy atom. The van der Waals surface area contributed by atoms with Crippen LogP contribution < -0.4 is 0 Å². The van der Waals surface area contributed by atoms with Gasteiger partial charge in [-0.3, -0.25) is 0 Å². The first-order valence-electron chi connectivity index (χ1n) is 3.67. The van der Waals surface area contributed by atoms with E-state index in [-0.39, 0.29) is 5.69 Å². The number of methoxy groups -OCH3 is 1. The number of ether oxygens (including phenoxy) is 1. The zero-order valence-electron chi connectivity index (χ0n) is 7.86. The fourth-order valence-corrected chi connectivity index (χ4v) is 1.37. The van der Waals surface area contributed by atoms with Gasteiger partial charge in [-0.05, 0) is 5.38 Å². The van der Waals surface area contributed by atoms with E-state index < -0.39 is 13.2 Å². The largest absolute Gasteiger partial charge is 0.673 e. The van der Waals surface area contributed by atoms with E-state index >= 15 is 0 Å². The molecular formula is C6H5BF4N2O2S. The summed E-state index contributed by atoms with van der Waals surface area (Å²) in [6, 6.07) is 1.54. The second-order valence-electron chi connectivity index (χ2n) is 2.22. The van der Waals surface area contributed by atoms with Crippen LogP contribution in [-0.2, 0) is 4.74 Å². The van der Waals surface area contributed by atoms with Crippen LogP contribution in [0.4, 0.5) is 23.0 Å². The molecule has 0 aliphatic carbocycles. The third-order valence-corrected chi connectivity index (χ3v) is 2.01. The van der Waals surface area contributed by atoms with Crippen molar-refractivity contribution in [2.75, 3.05) is 7.11 Å². The van der Waals surface area contributed by atoms with Crippen LogP contribution in [0.5, 0.6) is 0 Å². The Kier molecular flexibility index (Phi) is 5.45. The molecule has 0 aliphatic heterocycles. The van der Waals surface area contributed by atoms with E-state index in [4.69, 9.17) is 5.39 Å². The predicted molar refractivity (Wildman–Crippen MR) is 50.6 cm³/mol. The molecule has 0 saturated heterocycles. The van der Waals surface area contributed by atoms with Crippen LogP contribution in [-0.4, -0.2) is 20.3 Å². The summed E-state index contributed by atoms with van der Waals surface area (Å²) in [5.41, 5.74) is 0.252. The van der Waals surface area contributed by atoms with E-state index in [0.717, 1.165) is 0 Å².